The van der Waals surface area contributed by atoms with Crippen LogP contribution in [0.15, 0.2) is 53.4 Å². The molecule has 3 nitrogen and oxygen atoms in total. The van der Waals surface area contributed by atoms with Gasteiger partial charge in [-0.05, 0) is 36.1 Å². The van der Waals surface area contributed by atoms with Gasteiger partial charge in [0.15, 0.2) is 0 Å². The average molecular weight is 316 g/mol. The number of thioether (sulfide) groups is 1. The summed E-state index contributed by atoms with van der Waals surface area (Å²) in [5, 5.41) is 2.90. The fourth-order valence-electron chi connectivity index (χ4n) is 1.94. The molecule has 0 unspecified atom stereocenters. The summed E-state index contributed by atoms with van der Waals surface area (Å²) in [6.07, 6.45) is 2.52. The lowest BCUT2D eigenvalue weighted by Gasteiger charge is -2.09. The Bertz CT molecular complexity index is 654. The molecule has 5 heteroatoms. The standard InChI is InChI=1S/C16H16N2OS2/c1-21-14-5-3-2-4-13(14)16(19)18-12-8-6-11(7-9-12)10-15(17)20/h2-9H,10H2,1H3,(H2,17,20)(H,18,19). The maximum atomic E-state index is 12.3. The van der Waals surface area contributed by atoms with Crippen LogP contribution in [-0.2, 0) is 6.42 Å². The Balaban J connectivity index is 2.10. The van der Waals surface area contributed by atoms with E-state index in [9.17, 15) is 4.79 Å². The van der Waals surface area contributed by atoms with Gasteiger partial charge < -0.3 is 11.1 Å². The predicted molar refractivity (Wildman–Crippen MR) is 93.1 cm³/mol. The predicted octanol–water partition coefficient (Wildman–Crippen LogP) is 3.49. The van der Waals surface area contributed by atoms with E-state index < -0.39 is 0 Å². The Morgan fingerprint density at radius 1 is 1.19 bits per heavy atom. The molecule has 108 valence electrons. The van der Waals surface area contributed by atoms with Gasteiger partial charge in [0.1, 0.15) is 0 Å². The molecule has 0 radical (unpaired) electrons. The van der Waals surface area contributed by atoms with Crippen LogP contribution < -0.4 is 11.1 Å². The van der Waals surface area contributed by atoms with Crippen molar-refractivity contribution in [3.8, 4) is 0 Å². The number of anilines is 1. The zero-order valence-corrected chi connectivity index (χ0v) is 13.3. The number of carbonyl (C=O) groups is 1. The number of amides is 1. The van der Waals surface area contributed by atoms with E-state index in [0.29, 0.717) is 17.0 Å². The quantitative estimate of drug-likeness (QED) is 0.655. The van der Waals surface area contributed by atoms with Crippen LogP contribution in [0.1, 0.15) is 15.9 Å². The van der Waals surface area contributed by atoms with E-state index >= 15 is 0 Å². The first-order chi connectivity index (χ1) is 10.1. The van der Waals surface area contributed by atoms with Crippen LogP contribution in [-0.4, -0.2) is 17.2 Å². The molecule has 0 spiro atoms. The number of carbonyl (C=O) groups excluding carboxylic acids is 1. The third-order valence-electron chi connectivity index (χ3n) is 2.94. The number of benzene rings is 2. The smallest absolute Gasteiger partial charge is 0.256 e. The topological polar surface area (TPSA) is 55.1 Å². The van der Waals surface area contributed by atoms with Crippen LogP contribution in [0.4, 0.5) is 5.69 Å². The average Bonchev–Trinajstić information content (AvgIpc) is 2.48. The minimum atomic E-state index is -0.109. The minimum absolute atomic E-state index is 0.109. The molecule has 0 saturated carbocycles. The molecule has 0 saturated heterocycles. The number of nitrogens with two attached hydrogens (primary N) is 1. The number of nitrogens with one attached hydrogen (secondary N) is 1. The molecule has 0 aliphatic heterocycles. The molecule has 2 aromatic carbocycles. The maximum absolute atomic E-state index is 12.3. The number of rotatable bonds is 5. The lowest BCUT2D eigenvalue weighted by Crippen LogP contribution is -2.13. The summed E-state index contributed by atoms with van der Waals surface area (Å²) in [6, 6.07) is 15.1. The normalized spacial score (nSPS) is 10.1. The second-order valence-electron chi connectivity index (χ2n) is 4.49. The Morgan fingerprint density at radius 3 is 2.48 bits per heavy atom. The molecule has 1 amide bonds. The summed E-state index contributed by atoms with van der Waals surface area (Å²) in [6.45, 7) is 0. The summed E-state index contributed by atoms with van der Waals surface area (Å²) in [5.74, 6) is -0.109. The van der Waals surface area contributed by atoms with Gasteiger partial charge in [0.25, 0.3) is 5.91 Å². The monoisotopic (exact) mass is 316 g/mol. The van der Waals surface area contributed by atoms with E-state index in [1.807, 2.05) is 54.8 Å². The van der Waals surface area contributed by atoms with Gasteiger partial charge in [0.05, 0.1) is 10.6 Å². The summed E-state index contributed by atoms with van der Waals surface area (Å²) < 4.78 is 0. The third kappa shape index (κ3) is 4.31. The maximum Gasteiger partial charge on any atom is 0.256 e. The minimum Gasteiger partial charge on any atom is -0.393 e. The van der Waals surface area contributed by atoms with Crippen molar-refractivity contribution < 1.29 is 4.79 Å². The van der Waals surface area contributed by atoms with Crippen molar-refractivity contribution in [3.05, 3.63) is 59.7 Å². The highest BCUT2D eigenvalue weighted by molar-refractivity contribution is 7.98. The van der Waals surface area contributed by atoms with Crippen molar-refractivity contribution in [1.82, 2.24) is 0 Å². The molecule has 0 atom stereocenters. The fourth-order valence-corrected chi connectivity index (χ4v) is 2.70. The van der Waals surface area contributed by atoms with Crippen LogP contribution >= 0.6 is 24.0 Å². The SMILES string of the molecule is CSc1ccccc1C(=O)Nc1ccc(CC(N)=S)cc1. The molecule has 2 aromatic rings. The van der Waals surface area contributed by atoms with E-state index in [1.54, 1.807) is 11.8 Å². The zero-order valence-electron chi connectivity index (χ0n) is 11.6. The van der Waals surface area contributed by atoms with E-state index in [2.05, 4.69) is 5.32 Å². The van der Waals surface area contributed by atoms with Crippen molar-refractivity contribution in [3.63, 3.8) is 0 Å². The molecular weight excluding hydrogens is 300 g/mol. The van der Waals surface area contributed by atoms with Crippen molar-refractivity contribution >= 4 is 40.6 Å². The van der Waals surface area contributed by atoms with Gasteiger partial charge in [-0.2, -0.15) is 0 Å². The molecule has 3 N–H and O–H groups in total. The molecular formula is C16H16N2OS2. The van der Waals surface area contributed by atoms with Crippen LogP contribution in [0.25, 0.3) is 0 Å². The summed E-state index contributed by atoms with van der Waals surface area (Å²) in [5.41, 5.74) is 7.97. The Hall–Kier alpha value is -1.85. The Labute approximate surface area is 133 Å². The number of thiocarbonyl (C=S) groups is 1. The summed E-state index contributed by atoms with van der Waals surface area (Å²) >= 11 is 6.43. The largest absolute Gasteiger partial charge is 0.393 e. The molecule has 21 heavy (non-hydrogen) atoms. The highest BCUT2D eigenvalue weighted by atomic mass is 32.2. The Morgan fingerprint density at radius 2 is 1.86 bits per heavy atom. The highest BCUT2D eigenvalue weighted by Crippen LogP contribution is 2.21. The van der Waals surface area contributed by atoms with Gasteiger partial charge in [-0.3, -0.25) is 4.79 Å². The molecule has 0 aromatic heterocycles. The molecule has 0 aliphatic carbocycles. The molecule has 0 aliphatic rings. The van der Waals surface area contributed by atoms with Gasteiger partial charge in [0, 0.05) is 17.0 Å². The van der Waals surface area contributed by atoms with Gasteiger partial charge in [-0.25, -0.2) is 0 Å². The van der Waals surface area contributed by atoms with Crippen molar-refractivity contribution in [1.29, 1.82) is 0 Å². The van der Waals surface area contributed by atoms with E-state index in [0.717, 1.165) is 16.1 Å². The molecule has 0 heterocycles. The summed E-state index contributed by atoms with van der Waals surface area (Å²) in [7, 11) is 0. The third-order valence-corrected chi connectivity index (χ3v) is 3.88. The zero-order chi connectivity index (χ0) is 15.2. The van der Waals surface area contributed by atoms with Gasteiger partial charge in [-0.1, -0.05) is 36.5 Å². The summed E-state index contributed by atoms with van der Waals surface area (Å²) in [4.78, 5) is 13.7. The fraction of sp³-hybridized carbons (Fsp3) is 0.125. The number of hydrogen-bond donors (Lipinski definition) is 2. The first-order valence-corrected chi connectivity index (χ1v) is 8.05. The first kappa shape index (κ1) is 15.5. The second kappa shape index (κ2) is 7.24. The Kier molecular flexibility index (Phi) is 5.36. The van der Waals surface area contributed by atoms with Crippen LogP contribution in [0.5, 0.6) is 0 Å². The first-order valence-electron chi connectivity index (χ1n) is 6.42. The van der Waals surface area contributed by atoms with E-state index in [1.165, 1.54) is 0 Å². The second-order valence-corrected chi connectivity index (χ2v) is 5.87. The van der Waals surface area contributed by atoms with Gasteiger partial charge in [-0.15, -0.1) is 11.8 Å². The van der Waals surface area contributed by atoms with E-state index in [-0.39, 0.29) is 5.91 Å². The van der Waals surface area contributed by atoms with Gasteiger partial charge in [0.2, 0.25) is 0 Å². The van der Waals surface area contributed by atoms with E-state index in [4.69, 9.17) is 18.0 Å². The van der Waals surface area contributed by atoms with Crippen LogP contribution in [0.3, 0.4) is 0 Å². The molecule has 2 rings (SSSR count). The van der Waals surface area contributed by atoms with Crippen molar-refractivity contribution in [2.75, 3.05) is 11.6 Å². The lowest BCUT2D eigenvalue weighted by molar-refractivity contribution is 0.102. The van der Waals surface area contributed by atoms with Gasteiger partial charge >= 0.3 is 0 Å². The van der Waals surface area contributed by atoms with Crippen LogP contribution in [0.2, 0.25) is 0 Å². The van der Waals surface area contributed by atoms with Crippen LogP contribution in [0, 0.1) is 0 Å². The molecule has 0 bridgehead atoms. The highest BCUT2D eigenvalue weighted by Gasteiger charge is 2.10. The van der Waals surface area contributed by atoms with Crippen molar-refractivity contribution in [2.24, 2.45) is 5.73 Å². The molecule has 0 fully saturated rings. The lowest BCUT2D eigenvalue weighted by atomic mass is 10.1. The number of hydrogen-bond acceptors (Lipinski definition) is 3. The van der Waals surface area contributed by atoms with Crippen molar-refractivity contribution in [2.45, 2.75) is 11.3 Å².